The summed E-state index contributed by atoms with van der Waals surface area (Å²) in [5, 5.41) is 0. The van der Waals surface area contributed by atoms with Crippen molar-refractivity contribution in [3.05, 3.63) is 65.8 Å². The molecule has 8 nitrogen and oxygen atoms in total. The first-order chi connectivity index (χ1) is 14.9. The van der Waals surface area contributed by atoms with Gasteiger partial charge in [0.1, 0.15) is 17.6 Å². The molecule has 1 amide bonds. The van der Waals surface area contributed by atoms with Gasteiger partial charge < -0.3 is 14.5 Å². The lowest BCUT2D eigenvalue weighted by Crippen LogP contribution is -2.43. The molecule has 1 aromatic carbocycles. The number of carbonyl (C=O) groups is 1. The van der Waals surface area contributed by atoms with E-state index in [0.29, 0.717) is 42.5 Å². The average molecular weight is 422 g/mol. The van der Waals surface area contributed by atoms with Gasteiger partial charge in [-0.3, -0.25) is 9.78 Å². The maximum atomic E-state index is 13.9. The summed E-state index contributed by atoms with van der Waals surface area (Å²) in [4.78, 5) is 33.8. The van der Waals surface area contributed by atoms with Crippen LogP contribution in [0.25, 0.3) is 11.1 Å². The highest BCUT2D eigenvalue weighted by Crippen LogP contribution is 2.32. The first-order valence-corrected chi connectivity index (χ1v) is 9.92. The summed E-state index contributed by atoms with van der Waals surface area (Å²) in [5.41, 5.74) is 2.95. The van der Waals surface area contributed by atoms with E-state index in [2.05, 4.69) is 19.9 Å². The van der Waals surface area contributed by atoms with E-state index >= 15 is 0 Å². The summed E-state index contributed by atoms with van der Waals surface area (Å²) >= 11 is 0. The van der Waals surface area contributed by atoms with Crippen LogP contribution in [-0.2, 0) is 4.74 Å². The molecular weight excluding hydrogens is 399 g/mol. The fourth-order valence-electron chi connectivity index (χ4n) is 3.39. The van der Waals surface area contributed by atoms with Gasteiger partial charge in [0.2, 0.25) is 5.95 Å². The van der Waals surface area contributed by atoms with Gasteiger partial charge in [-0.15, -0.1) is 0 Å². The Labute approximate surface area is 179 Å². The van der Waals surface area contributed by atoms with Crippen LogP contribution in [0.5, 0.6) is 0 Å². The molecule has 31 heavy (non-hydrogen) atoms. The fraction of sp³-hybridized carbons (Fsp3) is 0.318. The van der Waals surface area contributed by atoms with Crippen LogP contribution in [0.3, 0.4) is 0 Å². The van der Waals surface area contributed by atoms with Crippen molar-refractivity contribution in [2.75, 3.05) is 38.7 Å². The van der Waals surface area contributed by atoms with Gasteiger partial charge in [0.25, 0.3) is 5.91 Å². The highest BCUT2D eigenvalue weighted by molar-refractivity contribution is 5.92. The third kappa shape index (κ3) is 4.51. The van der Waals surface area contributed by atoms with Crippen LogP contribution < -0.4 is 4.90 Å². The number of halogens is 1. The Kier molecular flexibility index (Phi) is 5.85. The highest BCUT2D eigenvalue weighted by Gasteiger charge is 2.30. The van der Waals surface area contributed by atoms with Crippen LogP contribution in [0.15, 0.2) is 42.9 Å². The topological polar surface area (TPSA) is 84.3 Å². The third-order valence-electron chi connectivity index (χ3n) is 5.00. The number of benzene rings is 1. The molecule has 1 saturated heterocycles. The van der Waals surface area contributed by atoms with Gasteiger partial charge in [0.05, 0.1) is 30.7 Å². The van der Waals surface area contributed by atoms with Crippen molar-refractivity contribution in [3.8, 4) is 11.1 Å². The number of aryl methyl sites for hydroxylation is 1. The van der Waals surface area contributed by atoms with E-state index < -0.39 is 6.10 Å². The standard InChI is InChI=1S/C22H23FN6O2/c1-14-10-25-18(12-24-14)21(30)29-7-8-31-19(13-29)20-17(11-26-22(27-20)28(2)3)15-5-4-6-16(23)9-15/h4-6,9-12,19H,7-8,13H2,1-3H3/t19-/m0/s1. The molecule has 1 aliphatic heterocycles. The number of amides is 1. The number of carbonyl (C=O) groups excluding carboxylic acids is 1. The molecule has 0 bridgehead atoms. The quantitative estimate of drug-likeness (QED) is 0.639. The first-order valence-electron chi connectivity index (χ1n) is 9.92. The summed E-state index contributed by atoms with van der Waals surface area (Å²) in [6, 6.07) is 6.26. The van der Waals surface area contributed by atoms with Crippen molar-refractivity contribution >= 4 is 11.9 Å². The summed E-state index contributed by atoms with van der Waals surface area (Å²) in [5.74, 6) is -0.0546. The number of anilines is 1. The molecule has 1 atom stereocenters. The second-order valence-electron chi connectivity index (χ2n) is 7.53. The van der Waals surface area contributed by atoms with Crippen LogP contribution in [0.4, 0.5) is 10.3 Å². The van der Waals surface area contributed by atoms with Crippen LogP contribution in [0, 0.1) is 12.7 Å². The Morgan fingerprint density at radius 2 is 2.03 bits per heavy atom. The number of nitrogens with zero attached hydrogens (tertiary/aromatic N) is 6. The smallest absolute Gasteiger partial charge is 0.274 e. The Morgan fingerprint density at radius 3 is 2.74 bits per heavy atom. The van der Waals surface area contributed by atoms with E-state index in [1.807, 2.05) is 21.0 Å². The predicted octanol–water partition coefficient (Wildman–Crippen LogP) is 2.66. The Hall–Kier alpha value is -3.46. The van der Waals surface area contributed by atoms with Crippen molar-refractivity contribution in [2.45, 2.75) is 13.0 Å². The lowest BCUT2D eigenvalue weighted by Gasteiger charge is -2.33. The van der Waals surface area contributed by atoms with Gasteiger partial charge in [-0.1, -0.05) is 12.1 Å². The normalized spacial score (nSPS) is 16.3. The molecule has 0 saturated carbocycles. The summed E-state index contributed by atoms with van der Waals surface area (Å²) < 4.78 is 19.9. The monoisotopic (exact) mass is 422 g/mol. The molecule has 160 valence electrons. The molecule has 0 spiro atoms. The molecule has 0 unspecified atom stereocenters. The third-order valence-corrected chi connectivity index (χ3v) is 5.00. The Morgan fingerprint density at radius 1 is 1.19 bits per heavy atom. The van der Waals surface area contributed by atoms with Crippen molar-refractivity contribution in [1.29, 1.82) is 0 Å². The number of aromatic nitrogens is 4. The molecule has 0 radical (unpaired) electrons. The number of hydrogen-bond donors (Lipinski definition) is 0. The van der Waals surface area contributed by atoms with Gasteiger partial charge in [-0.25, -0.2) is 19.3 Å². The summed E-state index contributed by atoms with van der Waals surface area (Å²) in [6.45, 7) is 2.89. The van der Waals surface area contributed by atoms with Crippen LogP contribution in [-0.4, -0.2) is 64.5 Å². The number of hydrogen-bond acceptors (Lipinski definition) is 7. The number of morpholine rings is 1. The molecule has 0 aliphatic carbocycles. The molecule has 9 heteroatoms. The minimum atomic E-state index is -0.490. The molecule has 2 aromatic heterocycles. The second kappa shape index (κ2) is 8.73. The van der Waals surface area contributed by atoms with Crippen LogP contribution in [0.1, 0.15) is 28.0 Å². The van der Waals surface area contributed by atoms with E-state index in [9.17, 15) is 9.18 Å². The van der Waals surface area contributed by atoms with Crippen molar-refractivity contribution < 1.29 is 13.9 Å². The fourth-order valence-corrected chi connectivity index (χ4v) is 3.39. The SMILES string of the molecule is Cc1cnc(C(=O)N2CCO[C@H](c3nc(N(C)C)ncc3-c3cccc(F)c3)C2)cn1. The molecule has 0 N–H and O–H groups in total. The molecule has 3 aromatic rings. The molecule has 1 aliphatic rings. The maximum Gasteiger partial charge on any atom is 0.274 e. The molecule has 3 heterocycles. The van der Waals surface area contributed by atoms with Gasteiger partial charge in [-0.2, -0.15) is 0 Å². The van der Waals surface area contributed by atoms with Gasteiger partial charge in [-0.05, 0) is 24.6 Å². The zero-order valence-electron chi connectivity index (χ0n) is 17.6. The van der Waals surface area contributed by atoms with Crippen LogP contribution >= 0.6 is 0 Å². The molecule has 4 rings (SSSR count). The largest absolute Gasteiger partial charge is 0.368 e. The minimum Gasteiger partial charge on any atom is -0.368 e. The van der Waals surface area contributed by atoms with E-state index in [1.165, 1.54) is 18.3 Å². The van der Waals surface area contributed by atoms with Crippen molar-refractivity contribution in [2.24, 2.45) is 0 Å². The number of rotatable bonds is 4. The highest BCUT2D eigenvalue weighted by atomic mass is 19.1. The van der Waals surface area contributed by atoms with E-state index in [1.54, 1.807) is 34.3 Å². The van der Waals surface area contributed by atoms with Crippen molar-refractivity contribution in [3.63, 3.8) is 0 Å². The maximum absolute atomic E-state index is 13.9. The zero-order valence-corrected chi connectivity index (χ0v) is 17.6. The summed E-state index contributed by atoms with van der Waals surface area (Å²) in [7, 11) is 3.68. The lowest BCUT2D eigenvalue weighted by atomic mass is 10.0. The van der Waals surface area contributed by atoms with E-state index in [4.69, 9.17) is 4.74 Å². The van der Waals surface area contributed by atoms with E-state index in [-0.39, 0.29) is 17.4 Å². The Balaban J connectivity index is 1.68. The average Bonchev–Trinajstić information content (AvgIpc) is 2.79. The first kappa shape index (κ1) is 20.8. The summed E-state index contributed by atoms with van der Waals surface area (Å²) in [6.07, 6.45) is 4.23. The minimum absolute atomic E-state index is 0.213. The van der Waals surface area contributed by atoms with Crippen molar-refractivity contribution in [1.82, 2.24) is 24.8 Å². The van der Waals surface area contributed by atoms with Gasteiger partial charge in [0, 0.05) is 38.6 Å². The molecule has 1 fully saturated rings. The zero-order chi connectivity index (χ0) is 22.0. The lowest BCUT2D eigenvalue weighted by molar-refractivity contribution is -0.0246. The Bertz CT molecular complexity index is 1090. The van der Waals surface area contributed by atoms with Gasteiger partial charge in [0.15, 0.2) is 0 Å². The van der Waals surface area contributed by atoms with E-state index in [0.717, 1.165) is 5.69 Å². The van der Waals surface area contributed by atoms with Gasteiger partial charge >= 0.3 is 0 Å². The second-order valence-corrected chi connectivity index (χ2v) is 7.53. The van der Waals surface area contributed by atoms with Crippen LogP contribution in [0.2, 0.25) is 0 Å². The molecular formula is C22H23FN6O2. The predicted molar refractivity (Wildman–Crippen MR) is 113 cm³/mol. The number of ether oxygens (including phenoxy) is 1.